The molecule has 0 bridgehead atoms. The zero-order valence-electron chi connectivity index (χ0n) is 9.14. The molecule has 82 valence electrons. The Bertz CT molecular complexity index is 556. The molecule has 1 fully saturated rings. The van der Waals surface area contributed by atoms with E-state index in [4.69, 9.17) is 4.74 Å². The predicted molar refractivity (Wildman–Crippen MR) is 61.2 cm³/mol. The van der Waals surface area contributed by atoms with Gasteiger partial charge in [0.2, 0.25) is 0 Å². The summed E-state index contributed by atoms with van der Waals surface area (Å²) >= 11 is 0. The van der Waals surface area contributed by atoms with Gasteiger partial charge in [-0.3, -0.25) is 4.79 Å². The van der Waals surface area contributed by atoms with E-state index < -0.39 is 0 Å². The van der Waals surface area contributed by atoms with Crippen LogP contribution in [0, 0.1) is 0 Å². The monoisotopic (exact) mass is 215 g/mol. The molecule has 1 atom stereocenters. The van der Waals surface area contributed by atoms with Crippen LogP contribution in [0.3, 0.4) is 0 Å². The summed E-state index contributed by atoms with van der Waals surface area (Å²) < 4.78 is 7.10. The number of para-hydroxylation sites is 1. The highest BCUT2D eigenvalue weighted by Gasteiger charge is 2.30. The summed E-state index contributed by atoms with van der Waals surface area (Å²) in [6.07, 6.45) is 2.84. The number of ether oxygens (including phenoxy) is 1. The number of hydrogen-bond donors (Lipinski definition) is 0. The summed E-state index contributed by atoms with van der Waals surface area (Å²) in [5.41, 5.74) is 2.26. The van der Waals surface area contributed by atoms with Crippen LogP contribution < -0.4 is 0 Å². The van der Waals surface area contributed by atoms with E-state index in [-0.39, 0.29) is 11.9 Å². The van der Waals surface area contributed by atoms with E-state index in [1.807, 2.05) is 25.4 Å². The fraction of sp³-hybridized carbons (Fsp3) is 0.308. The van der Waals surface area contributed by atoms with Crippen molar-refractivity contribution in [1.29, 1.82) is 0 Å². The van der Waals surface area contributed by atoms with Crippen LogP contribution in [0.5, 0.6) is 0 Å². The van der Waals surface area contributed by atoms with Crippen LogP contribution in [0.2, 0.25) is 0 Å². The lowest BCUT2D eigenvalue weighted by molar-refractivity contribution is -0.139. The Kier molecular flexibility index (Phi) is 1.99. The normalized spacial score (nSPS) is 20.3. The molecule has 1 saturated heterocycles. The van der Waals surface area contributed by atoms with Crippen LogP contribution in [0.15, 0.2) is 30.5 Å². The molecule has 1 aliphatic heterocycles. The van der Waals surface area contributed by atoms with Gasteiger partial charge in [0.15, 0.2) is 0 Å². The zero-order chi connectivity index (χ0) is 11.1. The first-order valence-electron chi connectivity index (χ1n) is 5.48. The van der Waals surface area contributed by atoms with Gasteiger partial charge in [-0.15, -0.1) is 0 Å². The molecule has 1 aliphatic rings. The molecule has 1 aromatic carbocycles. The number of rotatable bonds is 1. The Hall–Kier alpha value is -1.77. The number of benzene rings is 1. The fourth-order valence-corrected chi connectivity index (χ4v) is 2.43. The Morgan fingerprint density at radius 1 is 1.38 bits per heavy atom. The van der Waals surface area contributed by atoms with Crippen molar-refractivity contribution in [3.8, 4) is 0 Å². The number of aryl methyl sites for hydroxylation is 1. The number of cyclic esters (lactones) is 1. The lowest BCUT2D eigenvalue weighted by Gasteiger charge is -2.02. The first-order chi connectivity index (χ1) is 7.77. The highest BCUT2D eigenvalue weighted by atomic mass is 16.5. The molecule has 0 radical (unpaired) electrons. The Morgan fingerprint density at radius 2 is 2.19 bits per heavy atom. The van der Waals surface area contributed by atoms with Gasteiger partial charge in [-0.05, 0) is 18.1 Å². The molecule has 0 aliphatic carbocycles. The van der Waals surface area contributed by atoms with E-state index >= 15 is 0 Å². The SMILES string of the molecule is Cn1cc([C@H]2CCOC2=O)c2ccccc21. The molecular formula is C13H13NO2. The Labute approximate surface area is 93.6 Å². The maximum atomic E-state index is 11.6. The molecule has 3 heteroatoms. The van der Waals surface area contributed by atoms with Gasteiger partial charge >= 0.3 is 5.97 Å². The van der Waals surface area contributed by atoms with Crippen LogP contribution >= 0.6 is 0 Å². The molecule has 0 amide bonds. The molecule has 0 unspecified atom stereocenters. The lowest BCUT2D eigenvalue weighted by atomic mass is 9.97. The predicted octanol–water partition coefficient (Wildman–Crippen LogP) is 2.21. The minimum atomic E-state index is -0.0867. The second-order valence-electron chi connectivity index (χ2n) is 4.22. The number of hydrogen-bond acceptors (Lipinski definition) is 2. The Balaban J connectivity index is 2.20. The minimum absolute atomic E-state index is 0.0777. The van der Waals surface area contributed by atoms with E-state index in [0.29, 0.717) is 6.61 Å². The number of esters is 1. The third kappa shape index (κ3) is 1.24. The van der Waals surface area contributed by atoms with Gasteiger partial charge in [0, 0.05) is 24.1 Å². The van der Waals surface area contributed by atoms with Crippen LogP contribution in [0.25, 0.3) is 10.9 Å². The van der Waals surface area contributed by atoms with Crippen molar-refractivity contribution in [2.75, 3.05) is 6.61 Å². The van der Waals surface area contributed by atoms with Crippen LogP contribution in [0.4, 0.5) is 0 Å². The van der Waals surface area contributed by atoms with Gasteiger partial charge in [0.25, 0.3) is 0 Å². The zero-order valence-corrected chi connectivity index (χ0v) is 9.14. The van der Waals surface area contributed by atoms with Crippen molar-refractivity contribution in [3.63, 3.8) is 0 Å². The standard InChI is InChI=1S/C13H13NO2/c1-14-8-11(10-6-7-16-13(10)15)9-4-2-3-5-12(9)14/h2-5,8,10H,6-7H2,1H3/t10-/m1/s1. The topological polar surface area (TPSA) is 31.2 Å². The molecule has 16 heavy (non-hydrogen) atoms. The summed E-state index contributed by atoms with van der Waals surface area (Å²) in [5, 5.41) is 1.16. The minimum Gasteiger partial charge on any atom is -0.465 e. The van der Waals surface area contributed by atoms with Gasteiger partial charge in [0.1, 0.15) is 0 Å². The fourth-order valence-electron chi connectivity index (χ4n) is 2.43. The number of carbonyl (C=O) groups excluding carboxylic acids is 1. The summed E-state index contributed by atoms with van der Waals surface area (Å²) in [5.74, 6) is -0.164. The van der Waals surface area contributed by atoms with Gasteiger partial charge in [-0.1, -0.05) is 18.2 Å². The van der Waals surface area contributed by atoms with Crippen molar-refractivity contribution < 1.29 is 9.53 Å². The first-order valence-corrected chi connectivity index (χ1v) is 5.48. The van der Waals surface area contributed by atoms with Crippen molar-refractivity contribution in [2.45, 2.75) is 12.3 Å². The molecule has 0 N–H and O–H groups in total. The molecule has 2 aromatic rings. The van der Waals surface area contributed by atoms with Crippen LogP contribution in [-0.2, 0) is 16.6 Å². The molecule has 3 nitrogen and oxygen atoms in total. The van der Waals surface area contributed by atoms with Crippen LogP contribution in [0.1, 0.15) is 17.9 Å². The van der Waals surface area contributed by atoms with Crippen LogP contribution in [-0.4, -0.2) is 17.1 Å². The number of nitrogens with zero attached hydrogens (tertiary/aromatic N) is 1. The van der Waals surface area contributed by atoms with Crippen molar-refractivity contribution in [3.05, 3.63) is 36.0 Å². The lowest BCUT2D eigenvalue weighted by Crippen LogP contribution is -2.04. The van der Waals surface area contributed by atoms with Crippen molar-refractivity contribution >= 4 is 16.9 Å². The largest absolute Gasteiger partial charge is 0.465 e. The van der Waals surface area contributed by atoms with Gasteiger partial charge in [-0.25, -0.2) is 0 Å². The Morgan fingerprint density at radius 3 is 2.94 bits per heavy atom. The van der Waals surface area contributed by atoms with E-state index in [1.54, 1.807) is 0 Å². The van der Waals surface area contributed by atoms with E-state index in [2.05, 4.69) is 16.7 Å². The van der Waals surface area contributed by atoms with Gasteiger partial charge in [-0.2, -0.15) is 0 Å². The smallest absolute Gasteiger partial charge is 0.313 e. The van der Waals surface area contributed by atoms with Crippen molar-refractivity contribution in [2.24, 2.45) is 7.05 Å². The molecule has 1 aromatic heterocycles. The maximum absolute atomic E-state index is 11.6. The summed E-state index contributed by atoms with van der Waals surface area (Å²) in [7, 11) is 2.01. The summed E-state index contributed by atoms with van der Waals surface area (Å²) in [6, 6.07) is 8.15. The van der Waals surface area contributed by atoms with Crippen molar-refractivity contribution in [1.82, 2.24) is 4.57 Å². The van der Waals surface area contributed by atoms with Gasteiger partial charge < -0.3 is 9.30 Å². The molecular weight excluding hydrogens is 202 g/mol. The summed E-state index contributed by atoms with van der Waals surface area (Å²) in [4.78, 5) is 11.6. The number of fused-ring (bicyclic) bond motifs is 1. The average Bonchev–Trinajstić information content (AvgIpc) is 2.84. The van der Waals surface area contributed by atoms with E-state index in [1.165, 1.54) is 0 Å². The third-order valence-electron chi connectivity index (χ3n) is 3.24. The number of aromatic nitrogens is 1. The second-order valence-corrected chi connectivity index (χ2v) is 4.22. The molecule has 0 spiro atoms. The quantitative estimate of drug-likeness (QED) is 0.683. The molecule has 3 rings (SSSR count). The van der Waals surface area contributed by atoms with E-state index in [9.17, 15) is 4.79 Å². The third-order valence-corrected chi connectivity index (χ3v) is 3.24. The molecule has 0 saturated carbocycles. The number of carbonyl (C=O) groups is 1. The highest BCUT2D eigenvalue weighted by molar-refractivity contribution is 5.91. The van der Waals surface area contributed by atoms with Gasteiger partial charge in [0.05, 0.1) is 12.5 Å². The highest BCUT2D eigenvalue weighted by Crippen LogP contribution is 2.32. The maximum Gasteiger partial charge on any atom is 0.313 e. The molecule has 2 heterocycles. The van der Waals surface area contributed by atoms with E-state index in [0.717, 1.165) is 22.9 Å². The average molecular weight is 215 g/mol. The first kappa shape index (κ1) is 9.46. The second kappa shape index (κ2) is 3.37. The summed E-state index contributed by atoms with van der Waals surface area (Å²) in [6.45, 7) is 0.548.